The molecule has 0 bridgehead atoms. The lowest BCUT2D eigenvalue weighted by molar-refractivity contribution is -0.134. The normalized spacial score (nSPS) is 13.8. The highest BCUT2D eigenvalue weighted by Gasteiger charge is 2.27. The number of benzene rings is 2. The summed E-state index contributed by atoms with van der Waals surface area (Å²) in [6.07, 6.45) is 4.49. The van der Waals surface area contributed by atoms with E-state index in [1.54, 1.807) is 0 Å². The lowest BCUT2D eigenvalue weighted by atomic mass is 10.1. The summed E-state index contributed by atoms with van der Waals surface area (Å²) in [5, 5.41) is 7.42. The summed E-state index contributed by atoms with van der Waals surface area (Å²) in [6, 6.07) is 8.95. The Hall–Kier alpha value is -3.65. The van der Waals surface area contributed by atoms with Gasteiger partial charge in [-0.05, 0) is 29.3 Å². The monoisotopic (exact) mass is 495 g/mol. The molecule has 33 heavy (non-hydrogen) atoms. The van der Waals surface area contributed by atoms with E-state index in [1.165, 1.54) is 48.6 Å². The highest BCUT2D eigenvalue weighted by Crippen LogP contribution is 2.27. The number of carboxylic acids is 1. The van der Waals surface area contributed by atoms with Crippen LogP contribution < -0.4 is 4.90 Å². The van der Waals surface area contributed by atoms with E-state index in [9.17, 15) is 35.5 Å². The summed E-state index contributed by atoms with van der Waals surface area (Å²) in [4.78, 5) is 32.3. The zero-order chi connectivity index (χ0) is 25.0. The van der Waals surface area contributed by atoms with Gasteiger partial charge < -0.3 is 5.11 Å². The number of carbonyl (C=O) groups excluding carboxylic acids is 2. The molecule has 3 rings (SSSR count). The van der Waals surface area contributed by atoms with Crippen molar-refractivity contribution in [3.8, 4) is 0 Å². The summed E-state index contributed by atoms with van der Waals surface area (Å²) in [7, 11) is -9.27. The lowest BCUT2D eigenvalue weighted by Gasteiger charge is -2.15. The van der Waals surface area contributed by atoms with Gasteiger partial charge in [-0.2, -0.15) is 16.8 Å². The van der Waals surface area contributed by atoms with Crippen molar-refractivity contribution in [2.75, 3.05) is 4.90 Å². The van der Waals surface area contributed by atoms with Gasteiger partial charge in [-0.3, -0.25) is 23.5 Å². The Bertz CT molecular complexity index is 1370. The van der Waals surface area contributed by atoms with E-state index in [0.717, 1.165) is 30.0 Å². The van der Waals surface area contributed by atoms with Crippen molar-refractivity contribution < 1.29 is 45.4 Å². The first-order valence-corrected chi connectivity index (χ1v) is 11.7. The second-order valence-corrected chi connectivity index (χ2v) is 9.19. The van der Waals surface area contributed by atoms with Crippen LogP contribution in [-0.4, -0.2) is 48.8 Å². The average Bonchev–Trinajstić information content (AvgIpc) is 3.03. The summed E-state index contributed by atoms with van der Waals surface area (Å²) >= 11 is 0. The van der Waals surface area contributed by atoms with Crippen LogP contribution in [0.3, 0.4) is 0 Å². The molecule has 0 unspecified atom stereocenters. The second-order valence-electron chi connectivity index (χ2n) is 6.41. The topological polar surface area (TPSA) is 183 Å². The maximum Gasteiger partial charge on any atom is 0.300 e. The number of rotatable bonds is 5. The highest BCUT2D eigenvalue weighted by atomic mass is 32.2. The van der Waals surface area contributed by atoms with E-state index in [-0.39, 0.29) is 21.7 Å². The Kier molecular flexibility index (Phi) is 7.66. The third-order valence-corrected chi connectivity index (χ3v) is 5.82. The van der Waals surface area contributed by atoms with Gasteiger partial charge in [0, 0.05) is 19.1 Å². The summed E-state index contributed by atoms with van der Waals surface area (Å²) in [6.45, 7) is 1.08. The fraction of sp³-hybridized carbons (Fsp3) is 0.0500. The van der Waals surface area contributed by atoms with Gasteiger partial charge in [-0.15, -0.1) is 0 Å². The molecule has 1 heterocycles. The molecule has 0 spiro atoms. The molecule has 2 aromatic carbocycles. The molecule has 0 radical (unpaired) electrons. The molecule has 1 aliphatic rings. The Morgan fingerprint density at radius 3 is 1.76 bits per heavy atom. The number of hydrogen-bond donors (Lipinski definition) is 3. The predicted octanol–water partition coefficient (Wildman–Crippen LogP) is 1.87. The summed E-state index contributed by atoms with van der Waals surface area (Å²) < 4.78 is 65.3. The Balaban J connectivity index is 0.000000890. The largest absolute Gasteiger partial charge is 0.481 e. The van der Waals surface area contributed by atoms with Crippen LogP contribution in [0.4, 0.5) is 5.69 Å². The number of carboxylic acid groups (broad SMARTS) is 1. The first-order chi connectivity index (χ1) is 15.2. The van der Waals surface area contributed by atoms with Crippen LogP contribution in [0.15, 0.2) is 64.4 Å². The lowest BCUT2D eigenvalue weighted by Crippen LogP contribution is -2.29. The van der Waals surface area contributed by atoms with Gasteiger partial charge in [0.1, 0.15) is 9.79 Å². The minimum atomic E-state index is -4.75. The van der Waals surface area contributed by atoms with Crippen molar-refractivity contribution in [2.24, 2.45) is 0 Å². The molecule has 13 heteroatoms. The molecule has 1 aliphatic heterocycles. The molecule has 174 valence electrons. The first-order valence-electron chi connectivity index (χ1n) is 8.83. The third kappa shape index (κ3) is 6.66. The van der Waals surface area contributed by atoms with E-state index in [0.29, 0.717) is 0 Å². The molecule has 0 aliphatic carbocycles. The van der Waals surface area contributed by atoms with Crippen molar-refractivity contribution in [3.05, 3.63) is 65.7 Å². The third-order valence-electron chi connectivity index (χ3n) is 3.98. The van der Waals surface area contributed by atoms with Crippen molar-refractivity contribution in [1.29, 1.82) is 0 Å². The Morgan fingerprint density at radius 2 is 1.27 bits per heavy atom. The molecule has 0 saturated carbocycles. The smallest absolute Gasteiger partial charge is 0.300 e. The summed E-state index contributed by atoms with van der Waals surface area (Å²) in [5.41, 5.74) is -0.0176. The zero-order valence-corrected chi connectivity index (χ0v) is 18.4. The first kappa shape index (κ1) is 25.6. The SMILES string of the molecule is CC(=O)O.O=C1C=CC(=O)N1c1ccc(C=Cc2ccccc2S(=O)(=O)O)c(S(=O)(=O)O)c1. The highest BCUT2D eigenvalue weighted by molar-refractivity contribution is 7.86. The minimum absolute atomic E-state index is 0.0338. The predicted molar refractivity (Wildman–Crippen MR) is 116 cm³/mol. The van der Waals surface area contributed by atoms with Gasteiger partial charge in [0.15, 0.2) is 0 Å². The molecule has 3 N–H and O–H groups in total. The number of nitrogens with zero attached hydrogens (tertiary/aromatic N) is 1. The molecular weight excluding hydrogens is 478 g/mol. The van der Waals surface area contributed by atoms with Gasteiger partial charge >= 0.3 is 0 Å². The van der Waals surface area contributed by atoms with Crippen molar-refractivity contribution in [3.63, 3.8) is 0 Å². The maximum atomic E-state index is 11.8. The fourth-order valence-electron chi connectivity index (χ4n) is 2.71. The van der Waals surface area contributed by atoms with Gasteiger partial charge in [-0.1, -0.05) is 36.4 Å². The Labute approximate surface area is 188 Å². The van der Waals surface area contributed by atoms with Gasteiger partial charge in [0.25, 0.3) is 38.0 Å². The van der Waals surface area contributed by atoms with Gasteiger partial charge in [-0.25, -0.2) is 4.90 Å². The van der Waals surface area contributed by atoms with Crippen LogP contribution >= 0.6 is 0 Å². The number of amides is 2. The Morgan fingerprint density at radius 1 is 0.818 bits per heavy atom. The van der Waals surface area contributed by atoms with E-state index < -0.39 is 42.9 Å². The number of imide groups is 1. The molecular formula is C20H17NO10S2. The molecule has 0 fully saturated rings. The zero-order valence-electron chi connectivity index (χ0n) is 16.8. The number of carbonyl (C=O) groups is 3. The van der Waals surface area contributed by atoms with Crippen molar-refractivity contribution in [2.45, 2.75) is 16.7 Å². The van der Waals surface area contributed by atoms with Crippen molar-refractivity contribution in [1.82, 2.24) is 0 Å². The van der Waals surface area contributed by atoms with Crippen LogP contribution in [0.2, 0.25) is 0 Å². The molecule has 0 saturated heterocycles. The second kappa shape index (κ2) is 9.87. The van der Waals surface area contributed by atoms with Crippen LogP contribution in [0, 0.1) is 0 Å². The molecule has 0 aromatic heterocycles. The van der Waals surface area contributed by atoms with E-state index in [1.807, 2.05) is 0 Å². The number of aliphatic carboxylic acids is 1. The number of anilines is 1. The van der Waals surface area contributed by atoms with E-state index >= 15 is 0 Å². The van der Waals surface area contributed by atoms with Crippen molar-refractivity contribution >= 4 is 55.9 Å². The van der Waals surface area contributed by atoms with Crippen LogP contribution in [0.5, 0.6) is 0 Å². The molecule has 2 aromatic rings. The van der Waals surface area contributed by atoms with Gasteiger partial charge in [0.05, 0.1) is 5.69 Å². The molecule has 2 amide bonds. The van der Waals surface area contributed by atoms with E-state index in [2.05, 4.69) is 0 Å². The standard InChI is InChI=1S/C18H13NO8S2.C2H4O2/c20-17-9-10-18(21)19(17)14-8-7-13(16(11-14)29(25,26)27)6-5-12-3-1-2-4-15(12)28(22,23)24;1-2(3)4/h1-11H,(H,22,23,24)(H,25,26,27);1H3,(H,3,4). The van der Waals surface area contributed by atoms with Crippen LogP contribution in [-0.2, 0) is 34.6 Å². The van der Waals surface area contributed by atoms with Crippen LogP contribution in [0.25, 0.3) is 12.2 Å². The fourth-order valence-corrected chi connectivity index (χ4v) is 4.10. The number of hydrogen-bond acceptors (Lipinski definition) is 7. The van der Waals surface area contributed by atoms with E-state index in [4.69, 9.17) is 9.90 Å². The quantitative estimate of drug-likeness (QED) is 0.314. The molecule has 0 atom stereocenters. The average molecular weight is 495 g/mol. The molecule has 11 nitrogen and oxygen atoms in total. The summed E-state index contributed by atoms with van der Waals surface area (Å²) in [5.74, 6) is -2.16. The minimum Gasteiger partial charge on any atom is -0.481 e. The van der Waals surface area contributed by atoms with Gasteiger partial charge in [0.2, 0.25) is 0 Å². The van der Waals surface area contributed by atoms with Crippen LogP contribution in [0.1, 0.15) is 18.1 Å². The maximum absolute atomic E-state index is 11.8.